The molecular formula is C14H24N4S. The summed E-state index contributed by atoms with van der Waals surface area (Å²) in [7, 11) is 1.99. The summed E-state index contributed by atoms with van der Waals surface area (Å²) in [6, 6.07) is 0. The molecule has 0 spiro atoms. The lowest BCUT2D eigenvalue weighted by atomic mass is 9.81. The molecule has 2 aromatic heterocycles. The van der Waals surface area contributed by atoms with Crippen LogP contribution in [0.25, 0.3) is 11.2 Å². The number of aromatic nitrogens is 4. The van der Waals surface area contributed by atoms with Crippen molar-refractivity contribution < 1.29 is 0 Å². The Bertz CT molecular complexity index is 642. The summed E-state index contributed by atoms with van der Waals surface area (Å²) in [6.07, 6.45) is 0.917. The number of fused-ring (bicyclic) bond motifs is 1. The minimum Gasteiger partial charge on any atom is -0.328 e. The molecule has 0 radical (unpaired) electrons. The van der Waals surface area contributed by atoms with Crippen LogP contribution in [-0.2, 0) is 20.0 Å². The summed E-state index contributed by atoms with van der Waals surface area (Å²) in [4.78, 5) is 3.32. The molecule has 0 aliphatic rings. The molecule has 0 aromatic carbocycles. The largest absolute Gasteiger partial charge is 0.328 e. The minimum atomic E-state index is 0.198. The predicted molar refractivity (Wildman–Crippen MR) is 81.9 cm³/mol. The number of nitrogens with one attached hydrogen (secondary N) is 1. The topological polar surface area (TPSA) is 38.5 Å². The van der Waals surface area contributed by atoms with Crippen LogP contribution in [0.2, 0.25) is 0 Å². The van der Waals surface area contributed by atoms with Gasteiger partial charge in [0.2, 0.25) is 0 Å². The van der Waals surface area contributed by atoms with E-state index in [1.807, 2.05) is 11.7 Å². The van der Waals surface area contributed by atoms with Gasteiger partial charge in [-0.05, 0) is 30.0 Å². The van der Waals surface area contributed by atoms with Crippen molar-refractivity contribution in [1.29, 1.82) is 0 Å². The van der Waals surface area contributed by atoms with Gasteiger partial charge in [0, 0.05) is 13.6 Å². The number of H-pyrrole nitrogens is 1. The molecule has 0 aliphatic heterocycles. The Morgan fingerprint density at radius 2 is 2.00 bits per heavy atom. The average Bonchev–Trinajstić information content (AvgIpc) is 2.78. The average molecular weight is 280 g/mol. The number of hydrogen-bond acceptors (Lipinski definition) is 2. The smallest absolute Gasteiger partial charge is 0.179 e. The summed E-state index contributed by atoms with van der Waals surface area (Å²) in [5.41, 5.74) is 3.49. The summed E-state index contributed by atoms with van der Waals surface area (Å²) >= 11 is 5.49. The zero-order valence-corrected chi connectivity index (χ0v) is 13.6. The van der Waals surface area contributed by atoms with E-state index >= 15 is 0 Å². The zero-order chi connectivity index (χ0) is 14.4. The maximum atomic E-state index is 5.49. The molecule has 0 fully saturated rings. The number of aryl methyl sites for hydroxylation is 2. The van der Waals surface area contributed by atoms with Gasteiger partial charge in [0.15, 0.2) is 10.4 Å². The molecule has 0 bridgehead atoms. The van der Waals surface area contributed by atoms with Crippen molar-refractivity contribution in [2.24, 2.45) is 18.4 Å². The summed E-state index contributed by atoms with van der Waals surface area (Å²) in [5, 5.41) is 4.56. The van der Waals surface area contributed by atoms with Gasteiger partial charge in [-0.2, -0.15) is 5.10 Å². The Balaban J connectivity index is 2.58. The number of aromatic amines is 1. The monoisotopic (exact) mass is 280 g/mol. The molecule has 4 nitrogen and oxygen atoms in total. The van der Waals surface area contributed by atoms with Crippen LogP contribution >= 0.6 is 12.2 Å². The van der Waals surface area contributed by atoms with Gasteiger partial charge in [0.25, 0.3) is 0 Å². The van der Waals surface area contributed by atoms with Gasteiger partial charge in [-0.3, -0.25) is 4.68 Å². The first-order valence-electron chi connectivity index (χ1n) is 6.92. The van der Waals surface area contributed by atoms with Crippen LogP contribution in [0.1, 0.15) is 40.3 Å². The van der Waals surface area contributed by atoms with E-state index in [-0.39, 0.29) is 5.41 Å². The molecule has 19 heavy (non-hydrogen) atoms. The van der Waals surface area contributed by atoms with E-state index in [2.05, 4.69) is 49.3 Å². The first-order valence-corrected chi connectivity index (χ1v) is 7.33. The third-order valence-electron chi connectivity index (χ3n) is 4.29. The van der Waals surface area contributed by atoms with Crippen LogP contribution in [0.4, 0.5) is 0 Å². The molecule has 5 heteroatoms. The van der Waals surface area contributed by atoms with E-state index < -0.39 is 0 Å². The molecular weight excluding hydrogens is 256 g/mol. The lowest BCUT2D eigenvalue weighted by Crippen LogP contribution is -2.26. The highest BCUT2D eigenvalue weighted by atomic mass is 32.1. The molecule has 0 saturated heterocycles. The van der Waals surface area contributed by atoms with Gasteiger partial charge in [-0.25, -0.2) is 0 Å². The Labute approximate surface area is 119 Å². The normalized spacial score (nSPS) is 12.8. The lowest BCUT2D eigenvalue weighted by molar-refractivity contribution is 0.211. The van der Waals surface area contributed by atoms with Crippen LogP contribution in [0.15, 0.2) is 0 Å². The Hall–Kier alpha value is -1.10. The van der Waals surface area contributed by atoms with Crippen molar-refractivity contribution in [2.45, 2.75) is 47.6 Å². The van der Waals surface area contributed by atoms with Crippen LogP contribution in [0.5, 0.6) is 0 Å². The van der Waals surface area contributed by atoms with E-state index in [9.17, 15) is 0 Å². The van der Waals surface area contributed by atoms with Crippen LogP contribution < -0.4 is 0 Å². The fourth-order valence-corrected chi connectivity index (χ4v) is 2.51. The maximum absolute atomic E-state index is 5.49. The van der Waals surface area contributed by atoms with Gasteiger partial charge in [-0.1, -0.05) is 34.6 Å². The number of rotatable bonds is 4. The standard InChI is InChI=1S/C14H24N4S/c1-7-10-11-12(17(6)16-10)18(13(19)15-11)8-14(4,5)9(2)3/h9H,7-8H2,1-6H3,(H,15,19). The molecule has 0 atom stereocenters. The highest BCUT2D eigenvalue weighted by Gasteiger charge is 2.25. The van der Waals surface area contributed by atoms with Gasteiger partial charge in [0.1, 0.15) is 5.52 Å². The highest BCUT2D eigenvalue weighted by molar-refractivity contribution is 7.71. The molecule has 2 aromatic rings. The first-order chi connectivity index (χ1) is 8.77. The van der Waals surface area contributed by atoms with Crippen LogP contribution in [0, 0.1) is 16.1 Å². The fraction of sp³-hybridized carbons (Fsp3) is 0.714. The molecule has 0 amide bonds. The molecule has 106 valence electrons. The molecule has 1 N–H and O–H groups in total. The summed E-state index contributed by atoms with van der Waals surface area (Å²) in [5.74, 6) is 0.596. The van der Waals surface area contributed by atoms with E-state index in [0.29, 0.717) is 5.92 Å². The lowest BCUT2D eigenvalue weighted by Gasteiger charge is -2.29. The second-order valence-corrected chi connectivity index (χ2v) is 6.67. The summed E-state index contributed by atoms with van der Waals surface area (Å²) < 4.78 is 4.93. The van der Waals surface area contributed by atoms with Crippen molar-refractivity contribution in [3.05, 3.63) is 10.5 Å². The fourth-order valence-electron chi connectivity index (χ4n) is 2.26. The molecule has 0 aliphatic carbocycles. The van der Waals surface area contributed by atoms with Crippen molar-refractivity contribution in [1.82, 2.24) is 19.3 Å². The Kier molecular flexibility index (Phi) is 3.60. The van der Waals surface area contributed by atoms with Crippen molar-refractivity contribution in [3.8, 4) is 0 Å². The van der Waals surface area contributed by atoms with Gasteiger partial charge in [-0.15, -0.1) is 0 Å². The van der Waals surface area contributed by atoms with E-state index in [4.69, 9.17) is 12.2 Å². The third-order valence-corrected chi connectivity index (χ3v) is 4.61. The quantitative estimate of drug-likeness (QED) is 0.868. The molecule has 0 saturated carbocycles. The minimum absolute atomic E-state index is 0.198. The van der Waals surface area contributed by atoms with Crippen LogP contribution in [-0.4, -0.2) is 19.3 Å². The number of imidazole rings is 1. The van der Waals surface area contributed by atoms with Crippen molar-refractivity contribution in [3.63, 3.8) is 0 Å². The zero-order valence-electron chi connectivity index (χ0n) is 12.7. The van der Waals surface area contributed by atoms with Gasteiger partial charge in [0.05, 0.1) is 5.69 Å². The van der Waals surface area contributed by atoms with E-state index in [0.717, 1.165) is 34.6 Å². The van der Waals surface area contributed by atoms with E-state index in [1.54, 1.807) is 0 Å². The van der Waals surface area contributed by atoms with Crippen molar-refractivity contribution >= 4 is 23.4 Å². The number of nitrogens with zero attached hydrogens (tertiary/aromatic N) is 3. The second kappa shape index (κ2) is 4.78. The maximum Gasteiger partial charge on any atom is 0.179 e. The SMILES string of the molecule is CCc1nn(C)c2c1[nH]c(=S)n2CC(C)(C)C(C)C. The van der Waals surface area contributed by atoms with Crippen LogP contribution in [0.3, 0.4) is 0 Å². The second-order valence-electron chi connectivity index (χ2n) is 6.28. The Morgan fingerprint density at radius 1 is 1.37 bits per heavy atom. The van der Waals surface area contributed by atoms with Crippen molar-refractivity contribution in [2.75, 3.05) is 0 Å². The predicted octanol–water partition coefficient (Wildman–Crippen LogP) is 3.68. The number of hydrogen-bond donors (Lipinski definition) is 1. The molecule has 2 rings (SSSR count). The Morgan fingerprint density at radius 3 is 2.53 bits per heavy atom. The van der Waals surface area contributed by atoms with Gasteiger partial charge >= 0.3 is 0 Å². The van der Waals surface area contributed by atoms with E-state index in [1.165, 1.54) is 0 Å². The summed E-state index contributed by atoms with van der Waals surface area (Å²) in [6.45, 7) is 12.1. The van der Waals surface area contributed by atoms with Gasteiger partial charge < -0.3 is 9.55 Å². The molecule has 2 heterocycles. The molecule has 0 unspecified atom stereocenters. The highest BCUT2D eigenvalue weighted by Crippen LogP contribution is 2.30. The first kappa shape index (κ1) is 14.3. The third kappa shape index (κ3) is 2.36.